The predicted octanol–water partition coefficient (Wildman–Crippen LogP) is 6.42. The molecule has 0 amide bonds. The zero-order valence-electron chi connectivity index (χ0n) is 18.4. The Kier molecular flexibility index (Phi) is 8.28. The molecular formula is C24H26Cl2N2O3S. The van der Waals surface area contributed by atoms with Crippen molar-refractivity contribution in [3.05, 3.63) is 75.2 Å². The van der Waals surface area contributed by atoms with Gasteiger partial charge in [0.25, 0.3) is 0 Å². The van der Waals surface area contributed by atoms with Gasteiger partial charge < -0.3 is 14.4 Å². The van der Waals surface area contributed by atoms with Crippen LogP contribution >= 0.6 is 35.0 Å². The molecule has 170 valence electrons. The summed E-state index contributed by atoms with van der Waals surface area (Å²) < 4.78 is 7.23. The first-order chi connectivity index (χ1) is 15.2. The van der Waals surface area contributed by atoms with Gasteiger partial charge in [-0.05, 0) is 61.2 Å². The minimum atomic E-state index is -1.37. The van der Waals surface area contributed by atoms with E-state index in [9.17, 15) is 9.90 Å². The van der Waals surface area contributed by atoms with Crippen molar-refractivity contribution < 1.29 is 14.6 Å². The van der Waals surface area contributed by atoms with E-state index in [1.807, 2.05) is 45.0 Å². The second-order valence-electron chi connectivity index (χ2n) is 7.68. The summed E-state index contributed by atoms with van der Waals surface area (Å²) in [5.41, 5.74) is 3.35. The standard InChI is InChI=1S/C24H26Cl2N2O3S/c1-5-31-24(30)22(29)21-15(4)28(13-16-6-8-27-9-7-16)23(20(21)14(2)3)32-19-11-17(25)10-18(26)12-19/h6-12,14,22,29H,5,13H2,1-4H3. The highest BCUT2D eigenvalue weighted by molar-refractivity contribution is 7.99. The lowest BCUT2D eigenvalue weighted by Gasteiger charge is -2.15. The van der Waals surface area contributed by atoms with E-state index in [4.69, 9.17) is 27.9 Å². The predicted molar refractivity (Wildman–Crippen MR) is 129 cm³/mol. The Morgan fingerprint density at radius 1 is 1.16 bits per heavy atom. The number of ether oxygens (including phenoxy) is 1. The molecule has 0 fully saturated rings. The van der Waals surface area contributed by atoms with E-state index in [2.05, 4.69) is 9.55 Å². The van der Waals surface area contributed by atoms with Gasteiger partial charge >= 0.3 is 5.97 Å². The second kappa shape index (κ2) is 10.8. The molecule has 8 heteroatoms. The van der Waals surface area contributed by atoms with Gasteiger partial charge in [-0.15, -0.1) is 0 Å². The molecule has 0 radical (unpaired) electrons. The maximum Gasteiger partial charge on any atom is 0.339 e. The summed E-state index contributed by atoms with van der Waals surface area (Å²) in [6.07, 6.45) is 2.12. The van der Waals surface area contributed by atoms with E-state index in [0.717, 1.165) is 26.7 Å². The molecule has 1 atom stereocenters. The van der Waals surface area contributed by atoms with Gasteiger partial charge in [-0.3, -0.25) is 4.98 Å². The number of pyridine rings is 1. The maximum absolute atomic E-state index is 12.5. The molecule has 0 spiro atoms. The number of carbonyl (C=O) groups excluding carboxylic acids is 1. The zero-order valence-corrected chi connectivity index (χ0v) is 20.8. The van der Waals surface area contributed by atoms with E-state index >= 15 is 0 Å². The summed E-state index contributed by atoms with van der Waals surface area (Å²) in [5, 5.41) is 12.9. The number of aromatic nitrogens is 2. The normalized spacial score (nSPS) is 12.2. The maximum atomic E-state index is 12.5. The first kappa shape index (κ1) is 24.6. The minimum Gasteiger partial charge on any atom is -0.464 e. The molecule has 1 unspecified atom stereocenters. The fraction of sp³-hybridized carbons (Fsp3) is 0.333. The van der Waals surface area contributed by atoms with Crippen LogP contribution in [0.5, 0.6) is 0 Å². The average molecular weight is 493 g/mol. The number of hydrogen-bond donors (Lipinski definition) is 1. The summed E-state index contributed by atoms with van der Waals surface area (Å²) in [7, 11) is 0. The number of carbonyl (C=O) groups is 1. The molecule has 5 nitrogen and oxygen atoms in total. The molecular weight excluding hydrogens is 467 g/mol. The van der Waals surface area contributed by atoms with Crippen molar-refractivity contribution in [1.29, 1.82) is 0 Å². The first-order valence-electron chi connectivity index (χ1n) is 10.3. The van der Waals surface area contributed by atoms with Crippen molar-refractivity contribution in [3.63, 3.8) is 0 Å². The number of nitrogens with zero attached hydrogens (tertiary/aromatic N) is 2. The highest BCUT2D eigenvalue weighted by Crippen LogP contribution is 2.43. The van der Waals surface area contributed by atoms with Gasteiger partial charge in [-0.25, -0.2) is 4.79 Å². The van der Waals surface area contributed by atoms with E-state index in [0.29, 0.717) is 22.2 Å². The molecule has 0 aliphatic heterocycles. The molecule has 1 aromatic carbocycles. The van der Waals surface area contributed by atoms with Crippen molar-refractivity contribution in [3.8, 4) is 0 Å². The number of benzene rings is 1. The lowest BCUT2D eigenvalue weighted by molar-refractivity contribution is -0.153. The largest absolute Gasteiger partial charge is 0.464 e. The van der Waals surface area contributed by atoms with Gasteiger partial charge in [0.15, 0.2) is 6.10 Å². The molecule has 0 saturated heterocycles. The SMILES string of the molecule is CCOC(=O)C(O)c1c(C(C)C)c(Sc2cc(Cl)cc(Cl)c2)n(Cc2ccncc2)c1C. The van der Waals surface area contributed by atoms with Crippen molar-refractivity contribution in [2.45, 2.75) is 56.2 Å². The average Bonchev–Trinajstić information content (AvgIpc) is 2.99. The van der Waals surface area contributed by atoms with Crippen LogP contribution in [0, 0.1) is 6.92 Å². The number of esters is 1. The lowest BCUT2D eigenvalue weighted by atomic mass is 9.97. The third-order valence-electron chi connectivity index (χ3n) is 5.06. The molecule has 3 rings (SSSR count). The molecule has 2 heterocycles. The number of hydrogen-bond acceptors (Lipinski definition) is 5. The topological polar surface area (TPSA) is 64.3 Å². The van der Waals surface area contributed by atoms with Crippen LogP contribution in [0.3, 0.4) is 0 Å². The molecule has 0 bridgehead atoms. The molecule has 3 aromatic rings. The summed E-state index contributed by atoms with van der Waals surface area (Å²) in [6, 6.07) is 9.28. The Morgan fingerprint density at radius 2 is 1.78 bits per heavy atom. The van der Waals surface area contributed by atoms with Gasteiger partial charge in [-0.2, -0.15) is 0 Å². The highest BCUT2D eigenvalue weighted by Gasteiger charge is 2.31. The van der Waals surface area contributed by atoms with Gasteiger partial charge in [0.2, 0.25) is 0 Å². The third kappa shape index (κ3) is 5.49. The fourth-order valence-corrected chi connectivity index (χ4v) is 5.68. The monoisotopic (exact) mass is 492 g/mol. The number of rotatable bonds is 8. The van der Waals surface area contributed by atoms with Crippen LogP contribution in [0.2, 0.25) is 10.0 Å². The summed E-state index contributed by atoms with van der Waals surface area (Å²) in [5.74, 6) is -0.607. The molecule has 0 aliphatic carbocycles. The minimum absolute atomic E-state index is 0.0450. The van der Waals surface area contributed by atoms with Gasteiger partial charge in [0.05, 0.1) is 11.6 Å². The van der Waals surface area contributed by atoms with Gasteiger partial charge in [-0.1, -0.05) is 48.8 Å². The van der Waals surface area contributed by atoms with Crippen molar-refractivity contribution in [1.82, 2.24) is 9.55 Å². The summed E-state index contributed by atoms with van der Waals surface area (Å²) in [4.78, 5) is 17.4. The van der Waals surface area contributed by atoms with E-state index in [-0.39, 0.29) is 12.5 Å². The summed E-state index contributed by atoms with van der Waals surface area (Å²) in [6.45, 7) is 8.48. The molecule has 2 aromatic heterocycles. The van der Waals surface area contributed by atoms with Crippen LogP contribution in [0.4, 0.5) is 0 Å². The lowest BCUT2D eigenvalue weighted by Crippen LogP contribution is -2.17. The number of halogens is 2. The Labute approximate surface area is 202 Å². The van der Waals surface area contributed by atoms with E-state index in [1.54, 1.807) is 25.4 Å². The molecule has 1 N–H and O–H groups in total. The van der Waals surface area contributed by atoms with Crippen LogP contribution < -0.4 is 0 Å². The van der Waals surface area contributed by atoms with Crippen LogP contribution in [0.15, 0.2) is 52.6 Å². The Morgan fingerprint density at radius 3 is 2.34 bits per heavy atom. The quantitative estimate of drug-likeness (QED) is 0.367. The van der Waals surface area contributed by atoms with Gasteiger partial charge in [0, 0.05) is 45.1 Å². The van der Waals surface area contributed by atoms with Crippen LogP contribution in [-0.4, -0.2) is 27.2 Å². The Hall–Kier alpha value is -1.99. The summed E-state index contributed by atoms with van der Waals surface area (Å²) >= 11 is 14.0. The Bertz CT molecular complexity index is 1080. The van der Waals surface area contributed by atoms with E-state index in [1.165, 1.54) is 11.8 Å². The van der Waals surface area contributed by atoms with Crippen LogP contribution in [0.25, 0.3) is 0 Å². The number of aliphatic hydroxyl groups is 1. The molecule has 0 aliphatic rings. The smallest absolute Gasteiger partial charge is 0.339 e. The number of aliphatic hydroxyl groups excluding tert-OH is 1. The van der Waals surface area contributed by atoms with Crippen molar-refractivity contribution >= 4 is 40.9 Å². The van der Waals surface area contributed by atoms with Gasteiger partial charge in [0.1, 0.15) is 0 Å². The van der Waals surface area contributed by atoms with Crippen molar-refractivity contribution in [2.24, 2.45) is 0 Å². The first-order valence-corrected chi connectivity index (χ1v) is 11.9. The zero-order chi connectivity index (χ0) is 23.4. The molecule has 32 heavy (non-hydrogen) atoms. The molecule has 0 saturated carbocycles. The second-order valence-corrected chi connectivity index (χ2v) is 9.61. The Balaban J connectivity index is 2.20. The third-order valence-corrected chi connectivity index (χ3v) is 6.60. The van der Waals surface area contributed by atoms with E-state index < -0.39 is 12.1 Å². The van der Waals surface area contributed by atoms with Crippen molar-refractivity contribution in [2.75, 3.05) is 6.61 Å². The van der Waals surface area contributed by atoms with Crippen LogP contribution in [0.1, 0.15) is 55.2 Å². The van der Waals surface area contributed by atoms with Crippen LogP contribution in [-0.2, 0) is 16.1 Å². The highest BCUT2D eigenvalue weighted by atomic mass is 35.5. The fourth-order valence-electron chi connectivity index (χ4n) is 3.67.